The summed E-state index contributed by atoms with van der Waals surface area (Å²) in [7, 11) is 0. The molecule has 1 aromatic heterocycles. The third-order valence-electron chi connectivity index (χ3n) is 5.78. The molecule has 1 saturated heterocycles. The highest BCUT2D eigenvalue weighted by Crippen LogP contribution is 2.24. The van der Waals surface area contributed by atoms with Crippen LogP contribution in [0.1, 0.15) is 44.1 Å². The third-order valence-corrected chi connectivity index (χ3v) is 5.78. The molecular weight excluding hydrogens is 282 g/mol. The number of aromatic amines is 1. The zero-order valence-corrected chi connectivity index (χ0v) is 14.1. The van der Waals surface area contributed by atoms with E-state index in [-0.39, 0.29) is 0 Å². The van der Waals surface area contributed by atoms with Gasteiger partial charge in [-0.2, -0.15) is 0 Å². The molecule has 1 saturated carbocycles. The van der Waals surface area contributed by atoms with Gasteiger partial charge in [0, 0.05) is 37.4 Å². The fraction of sp³-hybridized carbons (Fsp3) is 0.600. The Hall–Kier alpha value is -1.32. The van der Waals surface area contributed by atoms with Crippen molar-refractivity contribution in [2.75, 3.05) is 26.2 Å². The summed E-state index contributed by atoms with van der Waals surface area (Å²) in [6.45, 7) is 6.09. The minimum absolute atomic E-state index is 0.871. The van der Waals surface area contributed by atoms with E-state index < -0.39 is 0 Å². The maximum Gasteiger partial charge on any atom is 0.0499 e. The van der Waals surface area contributed by atoms with E-state index in [0.717, 1.165) is 12.6 Å². The van der Waals surface area contributed by atoms with Gasteiger partial charge in [0.25, 0.3) is 0 Å². The largest absolute Gasteiger partial charge is 0.361 e. The van der Waals surface area contributed by atoms with Gasteiger partial charge in [0.2, 0.25) is 0 Å². The second-order valence-electron chi connectivity index (χ2n) is 7.32. The number of aromatic nitrogens is 1. The zero-order chi connectivity index (χ0) is 15.5. The maximum atomic E-state index is 3.42. The van der Waals surface area contributed by atoms with Crippen molar-refractivity contribution in [3.63, 3.8) is 0 Å². The lowest BCUT2D eigenvalue weighted by molar-refractivity contribution is 0.158. The Morgan fingerprint density at radius 2 is 1.83 bits per heavy atom. The SMILES string of the molecule is c1cc(CN2CCCN(C3CCCCC3)CC2)c2[nH]ccc2c1. The monoisotopic (exact) mass is 311 g/mol. The van der Waals surface area contributed by atoms with Crippen LogP contribution in [0, 0.1) is 0 Å². The fourth-order valence-electron chi connectivity index (χ4n) is 4.48. The summed E-state index contributed by atoms with van der Waals surface area (Å²) in [4.78, 5) is 8.85. The van der Waals surface area contributed by atoms with E-state index in [4.69, 9.17) is 0 Å². The van der Waals surface area contributed by atoms with Gasteiger partial charge in [0.15, 0.2) is 0 Å². The summed E-state index contributed by atoms with van der Waals surface area (Å²) >= 11 is 0. The van der Waals surface area contributed by atoms with Gasteiger partial charge in [-0.25, -0.2) is 0 Å². The molecule has 2 fully saturated rings. The van der Waals surface area contributed by atoms with Gasteiger partial charge in [-0.15, -0.1) is 0 Å². The Morgan fingerprint density at radius 1 is 0.913 bits per heavy atom. The second-order valence-corrected chi connectivity index (χ2v) is 7.32. The van der Waals surface area contributed by atoms with Gasteiger partial charge < -0.3 is 4.98 Å². The number of H-pyrrole nitrogens is 1. The molecule has 0 spiro atoms. The molecule has 3 nitrogen and oxygen atoms in total. The van der Waals surface area contributed by atoms with Crippen molar-refractivity contribution in [2.24, 2.45) is 0 Å². The van der Waals surface area contributed by atoms with Gasteiger partial charge >= 0.3 is 0 Å². The first kappa shape index (κ1) is 15.2. The van der Waals surface area contributed by atoms with E-state index >= 15 is 0 Å². The van der Waals surface area contributed by atoms with E-state index in [1.54, 1.807) is 0 Å². The zero-order valence-electron chi connectivity index (χ0n) is 14.1. The topological polar surface area (TPSA) is 22.3 Å². The van der Waals surface area contributed by atoms with Gasteiger partial charge in [-0.05, 0) is 49.4 Å². The lowest BCUT2D eigenvalue weighted by atomic mass is 9.94. The van der Waals surface area contributed by atoms with Crippen molar-refractivity contribution in [1.82, 2.24) is 14.8 Å². The smallest absolute Gasteiger partial charge is 0.0499 e. The summed E-state index contributed by atoms with van der Waals surface area (Å²) in [5.74, 6) is 0. The number of hydrogen-bond acceptors (Lipinski definition) is 2. The van der Waals surface area contributed by atoms with Crippen LogP contribution in [0.5, 0.6) is 0 Å². The molecule has 2 aliphatic rings. The number of fused-ring (bicyclic) bond motifs is 1. The summed E-state index contributed by atoms with van der Waals surface area (Å²) in [5.41, 5.74) is 2.76. The normalized spacial score (nSPS) is 22.4. The van der Waals surface area contributed by atoms with E-state index in [9.17, 15) is 0 Å². The summed E-state index contributed by atoms with van der Waals surface area (Å²) in [6, 6.07) is 9.71. The summed E-state index contributed by atoms with van der Waals surface area (Å²) in [5, 5.41) is 1.33. The second kappa shape index (κ2) is 7.06. The standard InChI is InChI=1S/C20H29N3/c1-2-8-19(9-3-1)23-13-5-12-22(14-15-23)16-18-7-4-6-17-10-11-21-20(17)18/h4,6-7,10-11,19,21H,1-3,5,8-9,12-16H2. The van der Waals surface area contributed by atoms with Crippen LogP contribution in [-0.4, -0.2) is 47.0 Å². The Balaban J connectivity index is 1.40. The van der Waals surface area contributed by atoms with Crippen LogP contribution >= 0.6 is 0 Å². The Bertz CT molecular complexity index is 627. The van der Waals surface area contributed by atoms with Crippen molar-refractivity contribution < 1.29 is 0 Å². The van der Waals surface area contributed by atoms with Crippen LogP contribution < -0.4 is 0 Å². The van der Waals surface area contributed by atoms with E-state index in [1.165, 1.54) is 81.2 Å². The predicted molar refractivity (Wildman–Crippen MR) is 96.6 cm³/mol. The number of para-hydroxylation sites is 1. The molecule has 0 radical (unpaired) electrons. The van der Waals surface area contributed by atoms with E-state index in [2.05, 4.69) is 45.2 Å². The first-order chi connectivity index (χ1) is 11.4. The molecule has 23 heavy (non-hydrogen) atoms. The van der Waals surface area contributed by atoms with Crippen LogP contribution in [0.3, 0.4) is 0 Å². The molecular formula is C20H29N3. The molecule has 2 aromatic rings. The average molecular weight is 311 g/mol. The van der Waals surface area contributed by atoms with Crippen molar-refractivity contribution in [2.45, 2.75) is 51.1 Å². The Morgan fingerprint density at radius 3 is 2.74 bits per heavy atom. The number of nitrogens with zero attached hydrogens (tertiary/aromatic N) is 2. The number of nitrogens with one attached hydrogen (secondary N) is 1. The fourth-order valence-corrected chi connectivity index (χ4v) is 4.48. The van der Waals surface area contributed by atoms with E-state index in [1.807, 2.05) is 0 Å². The highest BCUT2D eigenvalue weighted by atomic mass is 15.2. The lowest BCUT2D eigenvalue weighted by Gasteiger charge is -2.33. The molecule has 2 heterocycles. The third kappa shape index (κ3) is 3.46. The minimum Gasteiger partial charge on any atom is -0.361 e. The average Bonchev–Trinajstić information content (AvgIpc) is 2.96. The quantitative estimate of drug-likeness (QED) is 0.925. The minimum atomic E-state index is 0.871. The Labute approximate surface area is 139 Å². The van der Waals surface area contributed by atoms with Crippen molar-refractivity contribution in [3.8, 4) is 0 Å². The van der Waals surface area contributed by atoms with Crippen molar-refractivity contribution >= 4 is 10.9 Å². The number of hydrogen-bond donors (Lipinski definition) is 1. The summed E-state index contributed by atoms with van der Waals surface area (Å²) in [6.07, 6.45) is 10.6. The summed E-state index contributed by atoms with van der Waals surface area (Å²) < 4.78 is 0. The molecule has 0 amide bonds. The van der Waals surface area contributed by atoms with Crippen LogP contribution in [0.15, 0.2) is 30.5 Å². The van der Waals surface area contributed by atoms with Crippen molar-refractivity contribution in [1.29, 1.82) is 0 Å². The first-order valence-electron chi connectivity index (χ1n) is 9.41. The molecule has 1 aliphatic carbocycles. The van der Waals surface area contributed by atoms with E-state index in [0.29, 0.717) is 0 Å². The highest BCUT2D eigenvalue weighted by Gasteiger charge is 2.23. The molecule has 0 atom stereocenters. The highest BCUT2D eigenvalue weighted by molar-refractivity contribution is 5.82. The van der Waals surface area contributed by atoms with Crippen LogP contribution in [0.25, 0.3) is 10.9 Å². The van der Waals surface area contributed by atoms with Gasteiger partial charge in [0.05, 0.1) is 0 Å². The maximum absolute atomic E-state index is 3.42. The molecule has 124 valence electrons. The Kier molecular flexibility index (Phi) is 4.67. The molecule has 0 bridgehead atoms. The van der Waals surface area contributed by atoms with Crippen LogP contribution in [-0.2, 0) is 6.54 Å². The van der Waals surface area contributed by atoms with Gasteiger partial charge in [0.1, 0.15) is 0 Å². The molecule has 0 unspecified atom stereocenters. The van der Waals surface area contributed by atoms with Gasteiger partial charge in [-0.1, -0.05) is 37.5 Å². The molecule has 4 rings (SSSR count). The first-order valence-corrected chi connectivity index (χ1v) is 9.41. The molecule has 1 aromatic carbocycles. The lowest BCUT2D eigenvalue weighted by Crippen LogP contribution is -2.39. The number of benzene rings is 1. The van der Waals surface area contributed by atoms with Crippen LogP contribution in [0.2, 0.25) is 0 Å². The molecule has 3 heteroatoms. The molecule has 1 N–H and O–H groups in total. The molecule has 1 aliphatic heterocycles. The van der Waals surface area contributed by atoms with Crippen molar-refractivity contribution in [3.05, 3.63) is 36.0 Å². The number of rotatable bonds is 3. The predicted octanol–water partition coefficient (Wildman–Crippen LogP) is 4.01. The van der Waals surface area contributed by atoms with Crippen LogP contribution in [0.4, 0.5) is 0 Å². The van der Waals surface area contributed by atoms with Gasteiger partial charge in [-0.3, -0.25) is 9.80 Å².